The molecule has 33 heavy (non-hydrogen) atoms. The highest BCUT2D eigenvalue weighted by atomic mass is 32.2. The number of carbonyl (C=O) groups excluding carboxylic acids is 1. The van der Waals surface area contributed by atoms with Crippen molar-refractivity contribution in [2.24, 2.45) is 0 Å². The lowest BCUT2D eigenvalue weighted by Gasteiger charge is -2.39. The summed E-state index contributed by atoms with van der Waals surface area (Å²) in [7, 11) is 0. The van der Waals surface area contributed by atoms with Crippen LogP contribution in [0.1, 0.15) is 23.7 Å². The van der Waals surface area contributed by atoms with E-state index in [1.807, 2.05) is 0 Å². The quantitative estimate of drug-likeness (QED) is 0.304. The molecule has 0 aliphatic carbocycles. The van der Waals surface area contributed by atoms with Gasteiger partial charge >= 0.3 is 35.8 Å². The second-order valence-electron chi connectivity index (χ2n) is 6.34. The summed E-state index contributed by atoms with van der Waals surface area (Å²) in [5, 5.41) is -1.04. The van der Waals surface area contributed by atoms with Crippen molar-refractivity contribution in [3.05, 3.63) is 29.8 Å². The molecule has 0 saturated heterocycles. The molecular formula is C17H13F13O2S. The molecule has 0 heterocycles. The molecule has 0 N–H and O–H groups in total. The predicted molar refractivity (Wildman–Crippen MR) is 89.8 cm³/mol. The van der Waals surface area contributed by atoms with Crippen molar-refractivity contribution in [1.29, 1.82) is 0 Å². The maximum absolute atomic E-state index is 13.7. The molecule has 0 aliphatic heterocycles. The molecule has 0 saturated carbocycles. The van der Waals surface area contributed by atoms with E-state index >= 15 is 0 Å². The molecule has 2 nitrogen and oxygen atoms in total. The maximum Gasteiger partial charge on any atom is 0.460 e. The van der Waals surface area contributed by atoms with Crippen molar-refractivity contribution < 1.29 is 66.6 Å². The number of hydrogen-bond acceptors (Lipinski definition) is 3. The number of hydrogen-bond donors (Lipinski definition) is 0. The molecule has 0 atom stereocenters. The van der Waals surface area contributed by atoms with E-state index < -0.39 is 53.1 Å². The van der Waals surface area contributed by atoms with E-state index in [0.717, 1.165) is 12.1 Å². The lowest BCUT2D eigenvalue weighted by atomic mass is 9.93. The van der Waals surface area contributed by atoms with E-state index in [2.05, 4.69) is 0 Å². The summed E-state index contributed by atoms with van der Waals surface area (Å²) in [5.41, 5.74) is -0.180. The number of thioether (sulfide) groups is 1. The van der Waals surface area contributed by atoms with Gasteiger partial charge in [0.05, 0.1) is 6.61 Å². The summed E-state index contributed by atoms with van der Waals surface area (Å²) in [4.78, 5) is 11.8. The third-order valence-electron chi connectivity index (χ3n) is 4.05. The molecule has 1 aromatic rings. The Morgan fingerprint density at radius 1 is 0.758 bits per heavy atom. The Hall–Kier alpha value is -1.87. The molecule has 1 rings (SSSR count). The summed E-state index contributed by atoms with van der Waals surface area (Å²) >= 11 is -0.134. The van der Waals surface area contributed by atoms with Gasteiger partial charge in [0.2, 0.25) is 5.12 Å². The van der Waals surface area contributed by atoms with Crippen molar-refractivity contribution in [2.75, 3.05) is 12.4 Å². The molecule has 0 amide bonds. The highest BCUT2D eigenvalue weighted by Gasteiger charge is 2.90. The third kappa shape index (κ3) is 5.29. The summed E-state index contributed by atoms with van der Waals surface area (Å²) in [5.74, 6) is -38.2. The molecular weight excluding hydrogens is 515 g/mol. The summed E-state index contributed by atoms with van der Waals surface area (Å²) in [6.07, 6.45) is -9.89. The van der Waals surface area contributed by atoms with Crippen LogP contribution in [0.3, 0.4) is 0 Å². The van der Waals surface area contributed by atoms with E-state index in [0.29, 0.717) is 5.75 Å². The SMILES string of the molecule is CCOc1ccc(C(=O)SCCC(F)(F)C(F)(F)C(F)(F)C(F)(F)C(F)(F)C(F)(F)F)cc1. The highest BCUT2D eigenvalue weighted by Crippen LogP contribution is 2.60. The van der Waals surface area contributed by atoms with Crippen molar-refractivity contribution in [2.45, 2.75) is 49.1 Å². The van der Waals surface area contributed by atoms with Gasteiger partial charge in [0.15, 0.2) is 0 Å². The fourth-order valence-corrected chi connectivity index (χ4v) is 3.01. The Labute approximate surface area is 181 Å². The normalized spacial score (nSPS) is 14.4. The van der Waals surface area contributed by atoms with Crippen LogP contribution in [0.5, 0.6) is 5.75 Å². The molecule has 0 unspecified atom stereocenters. The predicted octanol–water partition coefficient (Wildman–Crippen LogP) is 7.09. The Bertz CT molecular complexity index is 819. The van der Waals surface area contributed by atoms with Gasteiger partial charge in [0, 0.05) is 17.7 Å². The molecule has 0 aliphatic rings. The van der Waals surface area contributed by atoms with Crippen molar-refractivity contribution in [3.63, 3.8) is 0 Å². The van der Waals surface area contributed by atoms with Gasteiger partial charge in [-0.05, 0) is 31.2 Å². The Morgan fingerprint density at radius 3 is 1.64 bits per heavy atom. The topological polar surface area (TPSA) is 26.3 Å². The molecule has 0 bridgehead atoms. The van der Waals surface area contributed by atoms with Crippen LogP contribution in [-0.2, 0) is 0 Å². The van der Waals surface area contributed by atoms with Gasteiger partial charge in [-0.15, -0.1) is 0 Å². The van der Waals surface area contributed by atoms with Crippen LogP contribution >= 0.6 is 11.8 Å². The second-order valence-corrected chi connectivity index (χ2v) is 7.41. The molecule has 0 spiro atoms. The molecule has 0 radical (unpaired) electrons. The van der Waals surface area contributed by atoms with E-state index in [4.69, 9.17) is 4.74 Å². The first-order valence-electron chi connectivity index (χ1n) is 8.53. The average molecular weight is 528 g/mol. The van der Waals surface area contributed by atoms with Crippen LogP contribution in [-0.4, -0.2) is 53.3 Å². The summed E-state index contributed by atoms with van der Waals surface area (Å²) in [6, 6.07) is 4.79. The zero-order valence-electron chi connectivity index (χ0n) is 16.1. The largest absolute Gasteiger partial charge is 0.494 e. The molecule has 16 heteroatoms. The fourth-order valence-electron chi connectivity index (χ4n) is 2.17. The van der Waals surface area contributed by atoms with Gasteiger partial charge in [-0.1, -0.05) is 11.8 Å². The van der Waals surface area contributed by atoms with Gasteiger partial charge in [0.25, 0.3) is 0 Å². The van der Waals surface area contributed by atoms with Crippen LogP contribution in [0.4, 0.5) is 57.1 Å². The maximum atomic E-state index is 13.7. The minimum atomic E-state index is -7.93. The van der Waals surface area contributed by atoms with E-state index in [9.17, 15) is 61.9 Å². The third-order valence-corrected chi connectivity index (χ3v) is 4.95. The lowest BCUT2D eigenvalue weighted by molar-refractivity contribution is -0.439. The van der Waals surface area contributed by atoms with Crippen LogP contribution in [0, 0.1) is 0 Å². The lowest BCUT2D eigenvalue weighted by Crippen LogP contribution is -2.70. The van der Waals surface area contributed by atoms with Gasteiger partial charge in [-0.2, -0.15) is 57.1 Å². The highest BCUT2D eigenvalue weighted by molar-refractivity contribution is 8.14. The Morgan fingerprint density at radius 2 is 1.21 bits per heavy atom. The first-order chi connectivity index (χ1) is 14.7. The molecule has 1 aromatic carbocycles. The van der Waals surface area contributed by atoms with Crippen LogP contribution < -0.4 is 4.74 Å². The number of ether oxygens (including phenoxy) is 1. The number of alkyl halides is 13. The van der Waals surface area contributed by atoms with Crippen LogP contribution in [0.15, 0.2) is 24.3 Å². The number of rotatable bonds is 10. The van der Waals surface area contributed by atoms with Gasteiger partial charge in [0.1, 0.15) is 5.75 Å². The first kappa shape index (κ1) is 29.2. The Kier molecular flexibility index (Phi) is 8.31. The number of carbonyl (C=O) groups is 1. The van der Waals surface area contributed by atoms with Crippen molar-refractivity contribution in [1.82, 2.24) is 0 Å². The number of halogens is 13. The first-order valence-corrected chi connectivity index (χ1v) is 9.51. The average Bonchev–Trinajstić information content (AvgIpc) is 2.67. The minimum Gasteiger partial charge on any atom is -0.494 e. The van der Waals surface area contributed by atoms with E-state index in [1.54, 1.807) is 6.92 Å². The van der Waals surface area contributed by atoms with Crippen LogP contribution in [0.2, 0.25) is 0 Å². The van der Waals surface area contributed by atoms with E-state index in [-0.39, 0.29) is 23.9 Å². The smallest absolute Gasteiger partial charge is 0.460 e. The monoisotopic (exact) mass is 528 g/mol. The fraction of sp³-hybridized carbons (Fsp3) is 0.588. The second kappa shape index (κ2) is 9.41. The molecule has 0 aromatic heterocycles. The van der Waals surface area contributed by atoms with Gasteiger partial charge in [-0.3, -0.25) is 4.79 Å². The molecule has 190 valence electrons. The van der Waals surface area contributed by atoms with Crippen LogP contribution in [0.25, 0.3) is 0 Å². The van der Waals surface area contributed by atoms with Crippen molar-refractivity contribution in [3.8, 4) is 5.75 Å². The standard InChI is InChI=1S/C17H13F13O2S/c1-2-32-10-5-3-9(4-6-10)11(31)33-8-7-12(18,19)13(20,21)14(22,23)15(24,25)16(26,27)17(28,29)30/h3-6H,2,7-8H2,1H3. The van der Waals surface area contributed by atoms with Gasteiger partial charge in [-0.25, -0.2) is 0 Å². The van der Waals surface area contributed by atoms with E-state index in [1.165, 1.54) is 12.1 Å². The zero-order valence-corrected chi connectivity index (χ0v) is 16.9. The number of benzene rings is 1. The van der Waals surface area contributed by atoms with Crippen molar-refractivity contribution >= 4 is 16.9 Å². The summed E-state index contributed by atoms with van der Waals surface area (Å²) < 4.78 is 174. The van der Waals surface area contributed by atoms with Gasteiger partial charge < -0.3 is 4.74 Å². The molecule has 0 fully saturated rings. The summed E-state index contributed by atoms with van der Waals surface area (Å²) in [6.45, 7) is 1.89. The Balaban J connectivity index is 3.00. The minimum absolute atomic E-state index is 0.134. The zero-order chi connectivity index (χ0) is 26.1.